The molecule has 0 aliphatic rings. The number of aryl methyl sites for hydroxylation is 1. The van der Waals surface area contributed by atoms with Gasteiger partial charge in [-0.25, -0.2) is 13.2 Å². The zero-order valence-electron chi connectivity index (χ0n) is 13.1. The number of ether oxygens (including phenoxy) is 1. The number of halogens is 6. The van der Waals surface area contributed by atoms with Gasteiger partial charge in [-0.1, -0.05) is 0 Å². The van der Waals surface area contributed by atoms with E-state index in [1.807, 2.05) is 0 Å². The normalized spacial score (nSPS) is 11.7. The molecule has 136 valence electrons. The van der Waals surface area contributed by atoms with Gasteiger partial charge < -0.3 is 9.15 Å². The van der Waals surface area contributed by atoms with Gasteiger partial charge >= 0.3 is 6.18 Å². The van der Waals surface area contributed by atoms with Gasteiger partial charge in [-0.05, 0) is 48.9 Å². The minimum atomic E-state index is -4.91. The van der Waals surface area contributed by atoms with E-state index in [4.69, 9.17) is 9.15 Å². The fourth-order valence-electron chi connectivity index (χ4n) is 2.29. The van der Waals surface area contributed by atoms with Crippen LogP contribution < -0.4 is 4.74 Å². The molecule has 3 aromatic rings. The van der Waals surface area contributed by atoms with Gasteiger partial charge in [0.1, 0.15) is 17.3 Å². The lowest BCUT2D eigenvalue weighted by Gasteiger charge is -2.14. The molecule has 1 heterocycles. The van der Waals surface area contributed by atoms with Crippen LogP contribution in [0.15, 0.2) is 47.1 Å². The number of furan rings is 1. The SMILES string of the molecule is Cc1cc(Oc2c(F)cc(C(F)(F)F)cc2F)c(-c2ccco2)cc1F. The van der Waals surface area contributed by atoms with Crippen LogP contribution in [0.1, 0.15) is 11.1 Å². The Labute approximate surface area is 143 Å². The predicted molar refractivity (Wildman–Crippen MR) is 80.3 cm³/mol. The third kappa shape index (κ3) is 3.40. The van der Waals surface area contributed by atoms with Crippen molar-refractivity contribution in [3.63, 3.8) is 0 Å². The van der Waals surface area contributed by atoms with E-state index >= 15 is 0 Å². The fraction of sp³-hybridized carbons (Fsp3) is 0.111. The molecule has 8 heteroatoms. The molecular weight excluding hydrogens is 362 g/mol. The Morgan fingerprint density at radius 2 is 1.58 bits per heavy atom. The zero-order chi connectivity index (χ0) is 19.1. The molecule has 0 saturated carbocycles. The number of alkyl halides is 3. The van der Waals surface area contributed by atoms with E-state index in [0.717, 1.165) is 6.07 Å². The van der Waals surface area contributed by atoms with E-state index < -0.39 is 34.9 Å². The summed E-state index contributed by atoms with van der Waals surface area (Å²) >= 11 is 0. The maximum Gasteiger partial charge on any atom is 0.416 e. The first-order valence-electron chi connectivity index (χ1n) is 7.25. The second-order valence-corrected chi connectivity index (χ2v) is 5.44. The number of benzene rings is 2. The van der Waals surface area contributed by atoms with Crippen LogP contribution in [0.25, 0.3) is 11.3 Å². The third-order valence-corrected chi connectivity index (χ3v) is 3.59. The molecule has 3 rings (SSSR count). The van der Waals surface area contributed by atoms with E-state index in [1.165, 1.54) is 31.4 Å². The van der Waals surface area contributed by atoms with Gasteiger partial charge in [0.05, 0.1) is 17.4 Å². The first-order valence-corrected chi connectivity index (χ1v) is 7.25. The van der Waals surface area contributed by atoms with E-state index in [-0.39, 0.29) is 34.8 Å². The molecule has 1 aromatic heterocycles. The Hall–Kier alpha value is -2.90. The summed E-state index contributed by atoms with van der Waals surface area (Å²) in [7, 11) is 0. The zero-order valence-corrected chi connectivity index (χ0v) is 13.1. The van der Waals surface area contributed by atoms with Crippen LogP contribution in [0.3, 0.4) is 0 Å². The Morgan fingerprint density at radius 3 is 2.12 bits per heavy atom. The van der Waals surface area contributed by atoms with Crippen molar-refractivity contribution in [1.82, 2.24) is 0 Å². The maximum absolute atomic E-state index is 14.0. The highest BCUT2D eigenvalue weighted by molar-refractivity contribution is 5.67. The largest absolute Gasteiger partial charge is 0.464 e. The predicted octanol–water partition coefficient (Wildman–Crippen LogP) is 6.48. The molecule has 0 saturated heterocycles. The average molecular weight is 372 g/mol. The standard InChI is InChI=1S/C18H10F6O2/c1-9-5-16(11(8-12(9)19)15-3-2-4-25-15)26-17-13(20)6-10(7-14(17)21)18(22,23)24/h2-8H,1H3. The van der Waals surface area contributed by atoms with E-state index in [0.29, 0.717) is 0 Å². The van der Waals surface area contributed by atoms with Gasteiger partial charge in [-0.2, -0.15) is 13.2 Å². The lowest BCUT2D eigenvalue weighted by Crippen LogP contribution is -2.07. The Morgan fingerprint density at radius 1 is 0.923 bits per heavy atom. The van der Waals surface area contributed by atoms with Crippen LogP contribution in [0, 0.1) is 24.4 Å². The molecule has 0 N–H and O–H groups in total. The smallest absolute Gasteiger partial charge is 0.416 e. The number of hydrogen-bond acceptors (Lipinski definition) is 2. The number of hydrogen-bond donors (Lipinski definition) is 0. The van der Waals surface area contributed by atoms with Crippen LogP contribution in [-0.2, 0) is 6.18 Å². The second kappa shape index (κ2) is 6.44. The number of rotatable bonds is 3. The third-order valence-electron chi connectivity index (χ3n) is 3.59. The van der Waals surface area contributed by atoms with Crippen LogP contribution in [0.2, 0.25) is 0 Å². The molecule has 2 nitrogen and oxygen atoms in total. The lowest BCUT2D eigenvalue weighted by molar-refractivity contribution is -0.138. The van der Waals surface area contributed by atoms with Crippen molar-refractivity contribution < 1.29 is 35.5 Å². The molecule has 0 atom stereocenters. The average Bonchev–Trinajstić information content (AvgIpc) is 3.07. The molecule has 0 bridgehead atoms. The second-order valence-electron chi connectivity index (χ2n) is 5.44. The van der Waals surface area contributed by atoms with Crippen molar-refractivity contribution >= 4 is 0 Å². The molecule has 0 aliphatic heterocycles. The summed E-state index contributed by atoms with van der Waals surface area (Å²) in [5.74, 6) is -4.73. The molecule has 0 fully saturated rings. The summed E-state index contributed by atoms with van der Waals surface area (Å²) in [4.78, 5) is 0. The van der Waals surface area contributed by atoms with Crippen LogP contribution in [-0.4, -0.2) is 0 Å². The topological polar surface area (TPSA) is 22.4 Å². The van der Waals surface area contributed by atoms with Crippen LogP contribution in [0.4, 0.5) is 26.3 Å². The molecule has 0 amide bonds. The summed E-state index contributed by atoms with van der Waals surface area (Å²) in [6, 6.07) is 5.45. The van der Waals surface area contributed by atoms with E-state index in [9.17, 15) is 26.3 Å². The van der Waals surface area contributed by atoms with E-state index in [1.54, 1.807) is 0 Å². The van der Waals surface area contributed by atoms with Crippen molar-refractivity contribution in [3.05, 3.63) is 71.2 Å². The highest BCUT2D eigenvalue weighted by atomic mass is 19.4. The Bertz CT molecular complexity index is 922. The molecular formula is C18H10F6O2. The molecule has 0 radical (unpaired) electrons. The Balaban J connectivity index is 2.09. The fourth-order valence-corrected chi connectivity index (χ4v) is 2.29. The summed E-state index contributed by atoms with van der Waals surface area (Å²) in [5, 5.41) is 0. The first-order chi connectivity index (χ1) is 12.2. The lowest BCUT2D eigenvalue weighted by atomic mass is 10.1. The Kier molecular flexibility index (Phi) is 4.43. The van der Waals surface area contributed by atoms with Gasteiger partial charge in [-0.3, -0.25) is 0 Å². The van der Waals surface area contributed by atoms with Crippen molar-refractivity contribution in [2.75, 3.05) is 0 Å². The molecule has 0 unspecified atom stereocenters. The minimum Gasteiger partial charge on any atom is -0.464 e. The summed E-state index contributed by atoms with van der Waals surface area (Å²) in [6.07, 6.45) is -3.61. The summed E-state index contributed by atoms with van der Waals surface area (Å²) in [5.41, 5.74) is -1.32. The van der Waals surface area contributed by atoms with Crippen LogP contribution in [0.5, 0.6) is 11.5 Å². The summed E-state index contributed by atoms with van der Waals surface area (Å²) < 4.78 is 90.1. The minimum absolute atomic E-state index is 0.0526. The van der Waals surface area contributed by atoms with Gasteiger partial charge in [0, 0.05) is 0 Å². The quantitative estimate of drug-likeness (QED) is 0.491. The van der Waals surface area contributed by atoms with Crippen molar-refractivity contribution in [1.29, 1.82) is 0 Å². The highest BCUT2D eigenvalue weighted by Crippen LogP contribution is 2.39. The van der Waals surface area contributed by atoms with Crippen molar-refractivity contribution in [2.45, 2.75) is 13.1 Å². The first kappa shape index (κ1) is 17.9. The monoisotopic (exact) mass is 372 g/mol. The van der Waals surface area contributed by atoms with Gasteiger partial charge in [-0.15, -0.1) is 0 Å². The molecule has 0 aliphatic carbocycles. The van der Waals surface area contributed by atoms with Crippen molar-refractivity contribution in [2.24, 2.45) is 0 Å². The van der Waals surface area contributed by atoms with Crippen LogP contribution >= 0.6 is 0 Å². The highest BCUT2D eigenvalue weighted by Gasteiger charge is 2.33. The van der Waals surface area contributed by atoms with Gasteiger partial charge in [0.25, 0.3) is 0 Å². The van der Waals surface area contributed by atoms with Crippen molar-refractivity contribution in [3.8, 4) is 22.8 Å². The van der Waals surface area contributed by atoms with Gasteiger partial charge in [0.15, 0.2) is 17.4 Å². The molecule has 2 aromatic carbocycles. The molecule has 26 heavy (non-hydrogen) atoms. The van der Waals surface area contributed by atoms with E-state index in [2.05, 4.69) is 0 Å². The maximum atomic E-state index is 14.0. The van der Waals surface area contributed by atoms with Gasteiger partial charge in [0.2, 0.25) is 0 Å². The molecule has 0 spiro atoms. The summed E-state index contributed by atoms with van der Waals surface area (Å²) in [6.45, 7) is 1.40.